The van der Waals surface area contributed by atoms with Crippen molar-refractivity contribution in [3.8, 4) is 0 Å². The Hall–Kier alpha value is -2.32. The number of carboxylic acids is 3. The molecule has 0 aromatic rings. The Morgan fingerprint density at radius 1 is 0.958 bits per heavy atom. The van der Waals surface area contributed by atoms with E-state index in [1.54, 1.807) is 31.2 Å². The van der Waals surface area contributed by atoms with Crippen LogP contribution in [0.2, 0.25) is 0 Å². The summed E-state index contributed by atoms with van der Waals surface area (Å²) in [6.07, 6.45) is 7.07. The predicted octanol–water partition coefficient (Wildman–Crippen LogP) is -7.38. The Morgan fingerprint density at radius 3 is 2.21 bits per heavy atom. The fraction of sp³-hybridized carbons (Fsp3) is 0.294. The second-order valence-electron chi connectivity index (χ2n) is 11.3. The van der Waals surface area contributed by atoms with Crippen LogP contribution in [0.15, 0.2) is 120 Å². The number of carbonyl (C=O) groups is 3. The van der Waals surface area contributed by atoms with Gasteiger partial charge in [-0.15, -0.1) is 6.26 Å². The number of allylic oxidation sites excluding steroid dienone is 10. The van der Waals surface area contributed by atoms with Gasteiger partial charge in [0.2, 0.25) is 0 Å². The van der Waals surface area contributed by atoms with Crippen molar-refractivity contribution in [2.24, 2.45) is 26.8 Å². The number of aliphatic imine (C=N–C) groups is 3. The standard InChI is InChI=1S/C34H34N4O7.3Na/c1-6-18-15(3)23-11-24-16(4)20(8-9-29(40)41)32(37-24)21(10-30(42)43)33-31(34(44)45)17(5)25(38-33)12-27-19(7-2)22(14-39)28(36-27)13-26(18)35-23;;;/h6,11-14,16,20,37,39H,1,7-10H2,2-5H3,(H,40,41)(H,42,43)(H,44,45);;;/q;3*+1/p-3/t16-,20-;;;/m0.../s1. The molecule has 1 fully saturated rings. The molecule has 0 saturated carbocycles. The molecule has 5 heterocycles. The maximum atomic E-state index is 12.6. The van der Waals surface area contributed by atoms with Crippen LogP contribution in [-0.4, -0.2) is 40.1 Å². The average Bonchev–Trinajstić information content (AvgIpc) is 3.67. The molecule has 0 aromatic carbocycles. The number of hydrogen-bond acceptors (Lipinski definition) is 10. The Morgan fingerprint density at radius 2 is 1.65 bits per heavy atom. The van der Waals surface area contributed by atoms with Gasteiger partial charge in [-0.3, -0.25) is 0 Å². The van der Waals surface area contributed by atoms with Gasteiger partial charge in [-0.2, -0.15) is 0 Å². The van der Waals surface area contributed by atoms with E-state index in [-0.39, 0.29) is 136 Å². The molecule has 0 aromatic heterocycles. The van der Waals surface area contributed by atoms with E-state index < -0.39 is 30.2 Å². The van der Waals surface area contributed by atoms with Crippen molar-refractivity contribution in [1.29, 1.82) is 0 Å². The van der Waals surface area contributed by atoms with Crippen molar-refractivity contribution in [3.05, 3.63) is 105 Å². The van der Waals surface area contributed by atoms with Crippen LogP contribution in [0.1, 0.15) is 53.4 Å². The number of hydrogen-bond donors (Lipinski definition) is 2. The van der Waals surface area contributed by atoms with Crippen LogP contribution < -0.4 is 109 Å². The largest absolute Gasteiger partial charge is 1.00 e. The molecule has 11 nitrogen and oxygen atoms in total. The van der Waals surface area contributed by atoms with Crippen molar-refractivity contribution in [3.63, 3.8) is 0 Å². The minimum absolute atomic E-state index is 0. The summed E-state index contributed by atoms with van der Waals surface area (Å²) >= 11 is 0. The van der Waals surface area contributed by atoms with E-state index in [1.807, 2.05) is 20.8 Å². The SMILES string of the molecule is C=CC1=C(C)C2=NC1=CC1=NC(=C(CC)C1=C[O-])C=C1N=C(C(CC(=O)[O-])=C3NC(=C2)[C@@H](C)[C@@H]3CCC(=O)[O-])C(C(=O)O)=C1C.[Na+].[Na+].[Na+]. The van der Waals surface area contributed by atoms with Gasteiger partial charge in [0.15, 0.2) is 0 Å². The summed E-state index contributed by atoms with van der Waals surface area (Å²) in [5.41, 5.74) is 5.79. The number of aliphatic carboxylic acids is 3. The molecule has 0 aliphatic carbocycles. The molecule has 48 heavy (non-hydrogen) atoms. The van der Waals surface area contributed by atoms with Crippen LogP contribution in [0, 0.1) is 11.8 Å². The number of rotatable bonds is 8. The topological polar surface area (TPSA) is 190 Å². The summed E-state index contributed by atoms with van der Waals surface area (Å²) in [7, 11) is 0. The van der Waals surface area contributed by atoms with Crippen LogP contribution in [-0.2, 0) is 14.4 Å². The average molecular weight is 677 g/mol. The quantitative estimate of drug-likeness (QED) is 0.187. The van der Waals surface area contributed by atoms with E-state index in [2.05, 4.69) is 16.9 Å². The molecular formula is C34H31N4Na3O7. The van der Waals surface area contributed by atoms with Gasteiger partial charge in [0.25, 0.3) is 0 Å². The number of nitrogens with one attached hydrogen (secondary N) is 1. The Kier molecular flexibility index (Phi) is 14.9. The molecule has 14 heteroatoms. The smallest absolute Gasteiger partial charge is 0.877 e. The van der Waals surface area contributed by atoms with Gasteiger partial charge in [0.05, 0.1) is 39.8 Å². The van der Waals surface area contributed by atoms with Crippen molar-refractivity contribution in [2.45, 2.75) is 53.4 Å². The first-order valence-corrected chi connectivity index (χ1v) is 14.6. The van der Waals surface area contributed by atoms with Crippen molar-refractivity contribution in [2.75, 3.05) is 0 Å². The molecule has 8 bridgehead atoms. The van der Waals surface area contributed by atoms with Gasteiger partial charge >= 0.3 is 94.6 Å². The summed E-state index contributed by atoms with van der Waals surface area (Å²) < 4.78 is 0. The third-order valence-corrected chi connectivity index (χ3v) is 8.75. The van der Waals surface area contributed by atoms with Crippen LogP contribution in [0.3, 0.4) is 0 Å². The molecule has 2 N–H and O–H groups in total. The molecule has 0 radical (unpaired) electrons. The van der Waals surface area contributed by atoms with Gasteiger partial charge in [-0.1, -0.05) is 26.5 Å². The second kappa shape index (κ2) is 17.1. The Bertz CT molecular complexity index is 1830. The molecule has 0 spiro atoms. The van der Waals surface area contributed by atoms with Crippen LogP contribution in [0.5, 0.6) is 0 Å². The minimum atomic E-state index is -1.46. The fourth-order valence-electron chi connectivity index (χ4n) is 6.40. The van der Waals surface area contributed by atoms with Gasteiger partial charge < -0.3 is 35.3 Å². The third kappa shape index (κ3) is 7.85. The van der Waals surface area contributed by atoms with Gasteiger partial charge in [0, 0.05) is 52.7 Å². The zero-order valence-electron chi connectivity index (χ0n) is 28.3. The maximum Gasteiger partial charge on any atom is 1.00 e. The third-order valence-electron chi connectivity index (χ3n) is 8.75. The first-order chi connectivity index (χ1) is 21.4. The molecule has 5 aliphatic rings. The minimum Gasteiger partial charge on any atom is -0.877 e. The summed E-state index contributed by atoms with van der Waals surface area (Å²) in [5, 5.41) is 49.6. The molecular weight excluding hydrogens is 645 g/mol. The second-order valence-corrected chi connectivity index (χ2v) is 11.3. The monoisotopic (exact) mass is 676 g/mol. The first-order valence-electron chi connectivity index (χ1n) is 14.6. The zero-order chi connectivity index (χ0) is 32.7. The van der Waals surface area contributed by atoms with Gasteiger partial charge in [-0.05, 0) is 73.6 Å². The zero-order valence-corrected chi connectivity index (χ0v) is 34.3. The normalized spacial score (nSPS) is 22.0. The summed E-state index contributed by atoms with van der Waals surface area (Å²) in [6.45, 7) is 11.1. The molecule has 2 atom stereocenters. The first kappa shape index (κ1) is 41.8. The molecule has 232 valence electrons. The molecule has 5 rings (SSSR count). The number of nitrogens with zero attached hydrogens (tertiary/aromatic N) is 3. The van der Waals surface area contributed by atoms with Crippen molar-refractivity contribution in [1.82, 2.24) is 5.32 Å². The van der Waals surface area contributed by atoms with E-state index in [9.17, 15) is 34.8 Å². The van der Waals surface area contributed by atoms with Crippen LogP contribution in [0.4, 0.5) is 0 Å². The number of carbonyl (C=O) groups excluding carboxylic acids is 2. The van der Waals surface area contributed by atoms with E-state index in [1.165, 1.54) is 0 Å². The van der Waals surface area contributed by atoms with Crippen molar-refractivity contribution >= 4 is 35.0 Å². The number of fused-ring (bicyclic) bond motifs is 5. The van der Waals surface area contributed by atoms with Crippen LogP contribution >= 0.6 is 0 Å². The van der Waals surface area contributed by atoms with Crippen LogP contribution in [0.25, 0.3) is 0 Å². The molecule has 1 saturated heterocycles. The summed E-state index contributed by atoms with van der Waals surface area (Å²) in [4.78, 5) is 50.5. The molecule has 0 amide bonds. The van der Waals surface area contributed by atoms with Gasteiger partial charge in [0.1, 0.15) is 0 Å². The molecule has 0 unspecified atom stereocenters. The van der Waals surface area contributed by atoms with E-state index in [0.717, 1.165) is 17.4 Å². The van der Waals surface area contributed by atoms with E-state index in [0.29, 0.717) is 51.8 Å². The van der Waals surface area contributed by atoms with E-state index in [4.69, 9.17) is 9.98 Å². The Balaban J connectivity index is 0.00000267. The Labute approximate surface area is 345 Å². The summed E-state index contributed by atoms with van der Waals surface area (Å²) in [5.74, 6) is -4.92. The number of carboxylic acid groups (broad SMARTS) is 3. The summed E-state index contributed by atoms with van der Waals surface area (Å²) in [6, 6.07) is 0. The fourth-order valence-corrected chi connectivity index (χ4v) is 6.40. The maximum absolute atomic E-state index is 12.6. The van der Waals surface area contributed by atoms with Gasteiger partial charge in [-0.25, -0.2) is 19.8 Å². The van der Waals surface area contributed by atoms with E-state index >= 15 is 0 Å². The predicted molar refractivity (Wildman–Crippen MR) is 162 cm³/mol. The molecule has 5 aliphatic heterocycles. The van der Waals surface area contributed by atoms with Crippen molar-refractivity contribution < 1.29 is 123 Å².